The fraction of sp³-hybridized carbons (Fsp3) is 0.500. The van der Waals surface area contributed by atoms with E-state index in [2.05, 4.69) is 30.8 Å². The molecule has 2 rings (SSSR count). The Morgan fingerprint density at radius 2 is 2.14 bits per heavy atom. The lowest BCUT2D eigenvalue weighted by molar-refractivity contribution is 0.122. The Hall–Kier alpha value is -0.880. The Bertz CT molecular complexity index is 327. The molecule has 1 fully saturated rings. The lowest BCUT2D eigenvalue weighted by Gasteiger charge is -2.28. The minimum atomic E-state index is 0.468. The molecule has 0 radical (unpaired) electrons. The first-order valence-corrected chi connectivity index (χ1v) is 5.17. The lowest BCUT2D eigenvalue weighted by Crippen LogP contribution is -2.37. The van der Waals surface area contributed by atoms with E-state index >= 15 is 0 Å². The SMILES string of the molecule is Nc1ncc(Br)nc1N1CCOCC1. The first-order valence-electron chi connectivity index (χ1n) is 4.38. The third kappa shape index (κ3) is 1.96. The highest BCUT2D eigenvalue weighted by Gasteiger charge is 2.15. The third-order valence-electron chi connectivity index (χ3n) is 2.06. The van der Waals surface area contributed by atoms with E-state index in [1.807, 2.05) is 0 Å². The smallest absolute Gasteiger partial charge is 0.172 e. The molecule has 1 saturated heterocycles. The molecule has 76 valence electrons. The second-order valence-corrected chi connectivity index (χ2v) is 3.81. The molecule has 0 spiro atoms. The number of hydrogen-bond acceptors (Lipinski definition) is 5. The van der Waals surface area contributed by atoms with Gasteiger partial charge in [-0.3, -0.25) is 0 Å². The summed E-state index contributed by atoms with van der Waals surface area (Å²) >= 11 is 3.28. The van der Waals surface area contributed by atoms with Crippen molar-refractivity contribution < 1.29 is 4.74 Å². The van der Waals surface area contributed by atoms with Gasteiger partial charge in [-0.25, -0.2) is 9.97 Å². The summed E-state index contributed by atoms with van der Waals surface area (Å²) in [5.74, 6) is 1.21. The Kier molecular flexibility index (Phi) is 2.83. The highest BCUT2D eigenvalue weighted by Crippen LogP contribution is 2.20. The molecule has 2 N–H and O–H groups in total. The quantitative estimate of drug-likeness (QED) is 0.802. The van der Waals surface area contributed by atoms with Crippen molar-refractivity contribution in [1.82, 2.24) is 9.97 Å². The molecular weight excluding hydrogens is 248 g/mol. The number of aromatic nitrogens is 2. The molecule has 1 aliphatic heterocycles. The fourth-order valence-corrected chi connectivity index (χ4v) is 1.65. The van der Waals surface area contributed by atoms with E-state index in [1.54, 1.807) is 6.20 Å². The first-order chi connectivity index (χ1) is 6.77. The average Bonchev–Trinajstić information content (AvgIpc) is 2.23. The summed E-state index contributed by atoms with van der Waals surface area (Å²) < 4.78 is 5.95. The van der Waals surface area contributed by atoms with Gasteiger partial charge in [-0.1, -0.05) is 0 Å². The molecule has 5 nitrogen and oxygen atoms in total. The largest absolute Gasteiger partial charge is 0.381 e. The number of anilines is 2. The van der Waals surface area contributed by atoms with Gasteiger partial charge in [-0.05, 0) is 15.9 Å². The Labute approximate surface area is 90.4 Å². The van der Waals surface area contributed by atoms with Crippen LogP contribution in [0.4, 0.5) is 11.6 Å². The fourth-order valence-electron chi connectivity index (χ4n) is 1.38. The molecule has 0 aliphatic carbocycles. The van der Waals surface area contributed by atoms with Crippen LogP contribution in [0.1, 0.15) is 0 Å². The van der Waals surface area contributed by atoms with Crippen LogP contribution in [0.2, 0.25) is 0 Å². The minimum Gasteiger partial charge on any atom is -0.381 e. The van der Waals surface area contributed by atoms with Crippen molar-refractivity contribution in [2.45, 2.75) is 0 Å². The van der Waals surface area contributed by atoms with Crippen molar-refractivity contribution in [3.05, 3.63) is 10.8 Å². The Balaban J connectivity index is 2.24. The Morgan fingerprint density at radius 3 is 2.86 bits per heavy atom. The number of nitrogens with zero attached hydrogens (tertiary/aromatic N) is 3. The van der Waals surface area contributed by atoms with E-state index in [4.69, 9.17) is 10.5 Å². The van der Waals surface area contributed by atoms with Gasteiger partial charge in [0, 0.05) is 13.1 Å². The molecule has 0 atom stereocenters. The van der Waals surface area contributed by atoms with E-state index in [9.17, 15) is 0 Å². The summed E-state index contributed by atoms with van der Waals surface area (Å²) in [5, 5.41) is 0. The summed E-state index contributed by atoms with van der Waals surface area (Å²) in [5.41, 5.74) is 5.74. The molecule has 1 aromatic rings. The zero-order chi connectivity index (χ0) is 9.97. The Morgan fingerprint density at radius 1 is 1.43 bits per heavy atom. The first kappa shape index (κ1) is 9.67. The van der Waals surface area contributed by atoms with Crippen LogP contribution in [0.5, 0.6) is 0 Å². The van der Waals surface area contributed by atoms with Crippen molar-refractivity contribution in [3.8, 4) is 0 Å². The maximum absolute atomic E-state index is 5.74. The highest BCUT2D eigenvalue weighted by molar-refractivity contribution is 9.10. The number of nitrogens with two attached hydrogens (primary N) is 1. The molecule has 1 aromatic heterocycles. The normalized spacial score (nSPS) is 17.1. The predicted octanol–water partition coefficient (Wildman–Crippen LogP) is 0.658. The van der Waals surface area contributed by atoms with Crippen LogP contribution in [0.3, 0.4) is 0 Å². The summed E-state index contributed by atoms with van der Waals surface area (Å²) in [6, 6.07) is 0. The standard InChI is InChI=1S/C8H11BrN4O/c9-6-5-11-7(10)8(12-6)13-1-3-14-4-2-13/h5H,1-4H2,(H2,10,11). The van der Waals surface area contributed by atoms with E-state index in [1.165, 1.54) is 0 Å². The van der Waals surface area contributed by atoms with Gasteiger partial charge in [0.15, 0.2) is 11.6 Å². The number of rotatable bonds is 1. The number of hydrogen-bond donors (Lipinski definition) is 1. The van der Waals surface area contributed by atoms with Crippen molar-refractivity contribution in [2.75, 3.05) is 36.9 Å². The number of halogens is 1. The molecular formula is C8H11BrN4O. The second kappa shape index (κ2) is 4.10. The molecule has 14 heavy (non-hydrogen) atoms. The van der Waals surface area contributed by atoms with Crippen LogP contribution in [-0.2, 0) is 4.74 Å². The summed E-state index contributed by atoms with van der Waals surface area (Å²) in [6.45, 7) is 3.06. The van der Waals surface area contributed by atoms with Crippen molar-refractivity contribution in [1.29, 1.82) is 0 Å². The molecule has 6 heteroatoms. The van der Waals surface area contributed by atoms with E-state index in [0.717, 1.165) is 18.9 Å². The maximum atomic E-state index is 5.74. The van der Waals surface area contributed by atoms with E-state index in [0.29, 0.717) is 23.6 Å². The maximum Gasteiger partial charge on any atom is 0.172 e. The third-order valence-corrected chi connectivity index (χ3v) is 2.44. The van der Waals surface area contributed by atoms with Gasteiger partial charge in [-0.2, -0.15) is 0 Å². The molecule has 2 heterocycles. The second-order valence-electron chi connectivity index (χ2n) is 3.00. The zero-order valence-electron chi connectivity index (χ0n) is 7.61. The number of morpholine rings is 1. The van der Waals surface area contributed by atoms with Gasteiger partial charge in [0.05, 0.1) is 19.4 Å². The van der Waals surface area contributed by atoms with E-state index < -0.39 is 0 Å². The van der Waals surface area contributed by atoms with Crippen molar-refractivity contribution in [3.63, 3.8) is 0 Å². The van der Waals surface area contributed by atoms with Gasteiger partial charge in [0.25, 0.3) is 0 Å². The molecule has 0 unspecified atom stereocenters. The summed E-state index contributed by atoms with van der Waals surface area (Å²) in [4.78, 5) is 10.4. The molecule has 0 amide bonds. The van der Waals surface area contributed by atoms with Crippen LogP contribution < -0.4 is 10.6 Å². The van der Waals surface area contributed by atoms with Crippen LogP contribution in [-0.4, -0.2) is 36.3 Å². The summed E-state index contributed by atoms with van der Waals surface area (Å²) in [6.07, 6.45) is 1.60. The molecule has 1 aliphatic rings. The zero-order valence-corrected chi connectivity index (χ0v) is 9.20. The van der Waals surface area contributed by atoms with Crippen LogP contribution in [0.25, 0.3) is 0 Å². The molecule has 0 aromatic carbocycles. The average molecular weight is 259 g/mol. The predicted molar refractivity (Wildman–Crippen MR) is 57.2 cm³/mol. The van der Waals surface area contributed by atoms with Gasteiger partial charge in [0.2, 0.25) is 0 Å². The number of ether oxygens (including phenoxy) is 1. The van der Waals surface area contributed by atoms with Crippen LogP contribution in [0, 0.1) is 0 Å². The highest BCUT2D eigenvalue weighted by atomic mass is 79.9. The molecule has 0 saturated carbocycles. The van der Waals surface area contributed by atoms with Gasteiger partial charge < -0.3 is 15.4 Å². The van der Waals surface area contributed by atoms with Gasteiger partial charge >= 0.3 is 0 Å². The van der Waals surface area contributed by atoms with E-state index in [-0.39, 0.29) is 0 Å². The van der Waals surface area contributed by atoms with Gasteiger partial charge in [-0.15, -0.1) is 0 Å². The monoisotopic (exact) mass is 258 g/mol. The topological polar surface area (TPSA) is 64.3 Å². The summed E-state index contributed by atoms with van der Waals surface area (Å²) in [7, 11) is 0. The van der Waals surface area contributed by atoms with Crippen LogP contribution >= 0.6 is 15.9 Å². The lowest BCUT2D eigenvalue weighted by atomic mass is 10.4. The minimum absolute atomic E-state index is 0.468. The van der Waals surface area contributed by atoms with Gasteiger partial charge in [0.1, 0.15) is 4.60 Å². The number of nitrogen functional groups attached to an aromatic ring is 1. The van der Waals surface area contributed by atoms with Crippen molar-refractivity contribution >= 4 is 27.6 Å². The molecule has 0 bridgehead atoms. The van der Waals surface area contributed by atoms with Crippen LogP contribution in [0.15, 0.2) is 10.8 Å². The van der Waals surface area contributed by atoms with Crippen molar-refractivity contribution in [2.24, 2.45) is 0 Å².